The maximum Gasteiger partial charge on any atom is 0.317 e. The molecule has 3 aromatic rings. The molecule has 0 saturated carbocycles. The molecule has 1 aliphatic heterocycles. The van der Waals surface area contributed by atoms with E-state index < -0.39 is 0 Å². The van der Waals surface area contributed by atoms with Gasteiger partial charge < -0.3 is 19.9 Å². The fourth-order valence-electron chi connectivity index (χ4n) is 3.76. The number of carbonyl (C=O) groups is 1. The van der Waals surface area contributed by atoms with Crippen molar-refractivity contribution >= 4 is 23.0 Å². The van der Waals surface area contributed by atoms with Gasteiger partial charge in [-0.3, -0.25) is 9.36 Å². The summed E-state index contributed by atoms with van der Waals surface area (Å²) in [5.41, 5.74) is 2.11. The van der Waals surface area contributed by atoms with Crippen LogP contribution >= 0.6 is 0 Å². The van der Waals surface area contributed by atoms with Gasteiger partial charge in [0.15, 0.2) is 11.5 Å². The number of benzene rings is 1. The van der Waals surface area contributed by atoms with E-state index in [1.165, 1.54) is 0 Å². The van der Waals surface area contributed by atoms with Gasteiger partial charge in [-0.25, -0.2) is 14.8 Å². The first-order valence-electron chi connectivity index (χ1n) is 10.4. The minimum Gasteiger partial charge on any atom is -0.497 e. The van der Waals surface area contributed by atoms with Gasteiger partial charge in [0, 0.05) is 45.5 Å². The maximum atomic E-state index is 13.0. The Morgan fingerprint density at radius 3 is 2.71 bits per heavy atom. The van der Waals surface area contributed by atoms with Gasteiger partial charge in [0.1, 0.15) is 11.3 Å². The van der Waals surface area contributed by atoms with Gasteiger partial charge >= 0.3 is 6.03 Å². The van der Waals surface area contributed by atoms with E-state index in [1.807, 2.05) is 48.2 Å². The van der Waals surface area contributed by atoms with E-state index >= 15 is 0 Å². The smallest absolute Gasteiger partial charge is 0.317 e. The molecular weight excluding hydrogens is 396 g/mol. The van der Waals surface area contributed by atoms with Gasteiger partial charge in [0.2, 0.25) is 0 Å². The van der Waals surface area contributed by atoms with Crippen LogP contribution in [-0.4, -0.2) is 58.8 Å². The molecule has 0 spiro atoms. The summed E-state index contributed by atoms with van der Waals surface area (Å²) in [4.78, 5) is 38.1. The molecule has 162 valence electrons. The number of anilines is 1. The van der Waals surface area contributed by atoms with Crippen LogP contribution in [0.15, 0.2) is 47.4 Å². The van der Waals surface area contributed by atoms with Crippen molar-refractivity contribution in [3.63, 3.8) is 0 Å². The second-order valence-electron chi connectivity index (χ2n) is 7.32. The number of urea groups is 1. The zero-order valence-electron chi connectivity index (χ0n) is 17.7. The number of amides is 2. The van der Waals surface area contributed by atoms with Crippen LogP contribution in [-0.2, 0) is 13.1 Å². The molecule has 0 bridgehead atoms. The molecule has 31 heavy (non-hydrogen) atoms. The maximum absolute atomic E-state index is 13.0. The van der Waals surface area contributed by atoms with Crippen molar-refractivity contribution in [2.75, 3.05) is 38.2 Å². The Balaban J connectivity index is 1.41. The SMILES string of the molecule is CCn1c(=O)c(N2CCN(C(=O)NCc3cccc(OC)c3)CC2)nc2cccnc21. The number of ether oxygens (including phenoxy) is 1. The molecule has 2 aromatic heterocycles. The standard InChI is InChI=1S/C22H26N6O3/c1-3-28-19-18(8-5-9-23-19)25-20(21(28)29)26-10-12-27(13-11-26)22(30)24-15-16-6-4-7-17(14-16)31-2/h4-9,14H,3,10-13,15H2,1-2H3,(H,24,30). The van der Waals surface area contributed by atoms with Crippen LogP contribution in [0.5, 0.6) is 5.75 Å². The van der Waals surface area contributed by atoms with Crippen molar-refractivity contribution in [1.82, 2.24) is 24.8 Å². The number of aryl methyl sites for hydroxylation is 1. The normalized spacial score (nSPS) is 14.0. The number of aromatic nitrogens is 3. The Labute approximate surface area is 180 Å². The molecular formula is C22H26N6O3. The lowest BCUT2D eigenvalue weighted by molar-refractivity contribution is 0.193. The van der Waals surface area contributed by atoms with Crippen molar-refractivity contribution in [3.8, 4) is 5.75 Å². The van der Waals surface area contributed by atoms with Gasteiger partial charge in [-0.05, 0) is 36.8 Å². The van der Waals surface area contributed by atoms with E-state index in [1.54, 1.807) is 22.8 Å². The van der Waals surface area contributed by atoms with Crippen molar-refractivity contribution in [2.24, 2.45) is 0 Å². The Hall–Kier alpha value is -3.62. The molecule has 1 aromatic carbocycles. The quantitative estimate of drug-likeness (QED) is 0.675. The van der Waals surface area contributed by atoms with Gasteiger partial charge in [-0.1, -0.05) is 12.1 Å². The summed E-state index contributed by atoms with van der Waals surface area (Å²) < 4.78 is 6.86. The van der Waals surface area contributed by atoms with Crippen molar-refractivity contribution < 1.29 is 9.53 Å². The average molecular weight is 422 g/mol. The minimum atomic E-state index is -0.148. The number of pyridine rings is 1. The van der Waals surface area contributed by atoms with Crippen LogP contribution in [0.25, 0.3) is 11.2 Å². The number of rotatable bonds is 5. The molecule has 0 atom stereocenters. The van der Waals surface area contributed by atoms with Crippen LogP contribution in [0.3, 0.4) is 0 Å². The van der Waals surface area contributed by atoms with Crippen molar-refractivity contribution in [1.29, 1.82) is 0 Å². The molecule has 9 nitrogen and oxygen atoms in total. The lowest BCUT2D eigenvalue weighted by atomic mass is 10.2. The minimum absolute atomic E-state index is 0.121. The molecule has 1 N–H and O–H groups in total. The number of nitrogens with one attached hydrogen (secondary N) is 1. The highest BCUT2D eigenvalue weighted by molar-refractivity contribution is 5.75. The summed E-state index contributed by atoms with van der Waals surface area (Å²) in [6.07, 6.45) is 1.66. The van der Waals surface area contributed by atoms with E-state index in [4.69, 9.17) is 4.74 Å². The first kappa shape index (κ1) is 20.6. The Morgan fingerprint density at radius 2 is 1.97 bits per heavy atom. The summed E-state index contributed by atoms with van der Waals surface area (Å²) in [7, 11) is 1.62. The topological polar surface area (TPSA) is 92.6 Å². The fraction of sp³-hybridized carbons (Fsp3) is 0.364. The van der Waals surface area contributed by atoms with Gasteiger partial charge in [-0.15, -0.1) is 0 Å². The first-order chi connectivity index (χ1) is 15.1. The third-order valence-electron chi connectivity index (χ3n) is 5.45. The third-order valence-corrected chi connectivity index (χ3v) is 5.45. The first-order valence-corrected chi connectivity index (χ1v) is 10.4. The second-order valence-corrected chi connectivity index (χ2v) is 7.32. The molecule has 9 heteroatoms. The molecule has 1 fully saturated rings. The Bertz CT molecular complexity index is 1140. The Morgan fingerprint density at radius 1 is 1.16 bits per heavy atom. The van der Waals surface area contributed by atoms with Crippen molar-refractivity contribution in [3.05, 3.63) is 58.5 Å². The molecule has 0 radical (unpaired) electrons. The lowest BCUT2D eigenvalue weighted by Gasteiger charge is -2.35. The van der Waals surface area contributed by atoms with E-state index in [9.17, 15) is 9.59 Å². The number of carbonyl (C=O) groups excluding carboxylic acids is 1. The Kier molecular flexibility index (Phi) is 6.01. The number of hydrogen-bond donors (Lipinski definition) is 1. The van der Waals surface area contributed by atoms with Crippen molar-refractivity contribution in [2.45, 2.75) is 20.0 Å². The molecule has 1 saturated heterocycles. The van der Waals surface area contributed by atoms with Gasteiger partial charge in [0.05, 0.1) is 7.11 Å². The number of hydrogen-bond acceptors (Lipinski definition) is 6. The third kappa shape index (κ3) is 4.30. The summed E-state index contributed by atoms with van der Waals surface area (Å²) in [5, 5.41) is 2.95. The summed E-state index contributed by atoms with van der Waals surface area (Å²) in [6.45, 7) is 4.99. The molecule has 0 aliphatic carbocycles. The van der Waals surface area contributed by atoms with Crippen LogP contribution in [0.2, 0.25) is 0 Å². The zero-order valence-corrected chi connectivity index (χ0v) is 17.7. The number of piperazine rings is 1. The molecule has 4 rings (SSSR count). The predicted octanol–water partition coefficient (Wildman–Crippen LogP) is 1.85. The van der Waals surface area contributed by atoms with E-state index in [0.717, 1.165) is 11.3 Å². The van der Waals surface area contributed by atoms with Crippen LogP contribution < -0.4 is 20.5 Å². The second kappa shape index (κ2) is 9.03. The molecule has 1 aliphatic rings. The fourth-order valence-corrected chi connectivity index (χ4v) is 3.76. The molecule has 2 amide bonds. The van der Waals surface area contributed by atoms with Crippen LogP contribution in [0, 0.1) is 0 Å². The molecule has 3 heterocycles. The predicted molar refractivity (Wildman–Crippen MR) is 118 cm³/mol. The van der Waals surface area contributed by atoms with Gasteiger partial charge in [-0.2, -0.15) is 0 Å². The zero-order chi connectivity index (χ0) is 21.8. The summed E-state index contributed by atoms with van der Waals surface area (Å²) in [5.74, 6) is 1.18. The lowest BCUT2D eigenvalue weighted by Crippen LogP contribution is -2.53. The summed E-state index contributed by atoms with van der Waals surface area (Å²) in [6, 6.07) is 11.2. The summed E-state index contributed by atoms with van der Waals surface area (Å²) >= 11 is 0. The van der Waals surface area contributed by atoms with E-state index in [2.05, 4.69) is 15.3 Å². The number of nitrogens with zero attached hydrogens (tertiary/aromatic N) is 5. The number of fused-ring (bicyclic) bond motifs is 1. The largest absolute Gasteiger partial charge is 0.497 e. The molecule has 0 unspecified atom stereocenters. The highest BCUT2D eigenvalue weighted by atomic mass is 16.5. The van der Waals surface area contributed by atoms with Gasteiger partial charge in [0.25, 0.3) is 5.56 Å². The highest BCUT2D eigenvalue weighted by Crippen LogP contribution is 2.15. The average Bonchev–Trinajstić information content (AvgIpc) is 2.82. The number of methoxy groups -OCH3 is 1. The monoisotopic (exact) mass is 422 g/mol. The van der Waals surface area contributed by atoms with Crippen LogP contribution in [0.1, 0.15) is 12.5 Å². The highest BCUT2D eigenvalue weighted by Gasteiger charge is 2.24. The van der Waals surface area contributed by atoms with E-state index in [0.29, 0.717) is 56.3 Å². The van der Waals surface area contributed by atoms with E-state index in [-0.39, 0.29) is 11.6 Å². The van der Waals surface area contributed by atoms with Crippen LogP contribution in [0.4, 0.5) is 10.6 Å².